The van der Waals surface area contributed by atoms with Gasteiger partial charge >= 0.3 is 0 Å². The first-order valence-electron chi connectivity index (χ1n) is 6.26. The third-order valence-corrected chi connectivity index (χ3v) is 6.70. The lowest BCUT2D eigenvalue weighted by Crippen LogP contribution is -2.41. The Labute approximate surface area is 104 Å². The van der Waals surface area contributed by atoms with E-state index in [9.17, 15) is 0 Å². The second kappa shape index (κ2) is 4.65. The summed E-state index contributed by atoms with van der Waals surface area (Å²) in [5, 5.41) is 1.59. The van der Waals surface area contributed by atoms with Crippen LogP contribution in [0.1, 0.15) is 48.5 Å². The molecule has 0 aliphatic rings. The second-order valence-corrected chi connectivity index (χ2v) is 12.5. The molecule has 0 radical (unpaired) electrons. The van der Waals surface area contributed by atoms with E-state index in [2.05, 4.69) is 61.6 Å². The van der Waals surface area contributed by atoms with E-state index in [-0.39, 0.29) is 10.8 Å². The maximum atomic E-state index is 5.96. The van der Waals surface area contributed by atoms with Crippen molar-refractivity contribution >= 4 is 8.07 Å². The lowest BCUT2D eigenvalue weighted by molar-refractivity contribution is 0.359. The molecule has 0 unspecified atom stereocenters. The van der Waals surface area contributed by atoms with E-state index in [4.69, 9.17) is 5.73 Å². The van der Waals surface area contributed by atoms with Gasteiger partial charge in [0.05, 0.1) is 8.07 Å². The number of rotatable bonds is 2. The number of hydrogen-bond donors (Lipinski definition) is 1. The Balaban J connectivity index is 5.78. The highest BCUT2D eigenvalue weighted by Crippen LogP contribution is 2.43. The molecule has 0 aromatic carbocycles. The maximum absolute atomic E-state index is 5.96. The summed E-state index contributed by atoms with van der Waals surface area (Å²) >= 11 is 0. The van der Waals surface area contributed by atoms with Crippen LogP contribution in [0.3, 0.4) is 0 Å². The van der Waals surface area contributed by atoms with Crippen molar-refractivity contribution in [1.82, 2.24) is 0 Å². The van der Waals surface area contributed by atoms with Crippen molar-refractivity contribution in [3.05, 3.63) is 10.8 Å². The molecule has 0 rings (SSSR count). The normalized spacial score (nSPS) is 13.9. The fourth-order valence-corrected chi connectivity index (χ4v) is 4.47. The van der Waals surface area contributed by atoms with E-state index in [1.807, 2.05) is 0 Å². The van der Waals surface area contributed by atoms with E-state index in [1.54, 1.807) is 10.8 Å². The lowest BCUT2D eigenvalue weighted by Gasteiger charge is -2.39. The van der Waals surface area contributed by atoms with E-state index in [0.29, 0.717) is 0 Å². The Kier molecular flexibility index (Phi) is 4.63. The summed E-state index contributed by atoms with van der Waals surface area (Å²) in [7, 11) is -1.41. The monoisotopic (exact) mass is 241 g/mol. The zero-order valence-electron chi connectivity index (χ0n) is 12.8. The van der Waals surface area contributed by atoms with Gasteiger partial charge in [0.15, 0.2) is 0 Å². The largest absolute Gasteiger partial charge is 0.333 e. The number of hydrogen-bond acceptors (Lipinski definition) is 1. The van der Waals surface area contributed by atoms with Gasteiger partial charge in [-0.3, -0.25) is 0 Å². The topological polar surface area (TPSA) is 26.0 Å². The first-order valence-corrected chi connectivity index (χ1v) is 9.47. The van der Waals surface area contributed by atoms with Gasteiger partial charge in [0.2, 0.25) is 0 Å². The number of allylic oxidation sites excluding steroid dienone is 2. The van der Waals surface area contributed by atoms with Gasteiger partial charge in [-0.15, -0.1) is 0 Å². The summed E-state index contributed by atoms with van der Waals surface area (Å²) in [6.45, 7) is 21.0. The molecule has 0 atom stereocenters. The van der Waals surface area contributed by atoms with Crippen LogP contribution in [0, 0.1) is 10.8 Å². The molecule has 0 aliphatic heterocycles. The van der Waals surface area contributed by atoms with E-state index in [1.165, 1.54) is 0 Å². The Hall–Kier alpha value is -0.0831. The van der Waals surface area contributed by atoms with Crippen LogP contribution in [0.2, 0.25) is 13.1 Å². The SMILES string of the molecule is CC(=C(C(C)(C)C)C(C)(C)C)[Si](C)(C)CN. The van der Waals surface area contributed by atoms with Gasteiger partial charge in [-0.1, -0.05) is 65.4 Å². The second-order valence-electron chi connectivity index (χ2n) is 7.59. The predicted molar refractivity (Wildman–Crippen MR) is 78.1 cm³/mol. The zero-order valence-corrected chi connectivity index (χ0v) is 13.8. The van der Waals surface area contributed by atoms with Crippen LogP contribution in [0.5, 0.6) is 0 Å². The summed E-state index contributed by atoms with van der Waals surface area (Å²) in [4.78, 5) is 0. The summed E-state index contributed by atoms with van der Waals surface area (Å²) in [6, 6.07) is 0. The Morgan fingerprint density at radius 2 is 1.25 bits per heavy atom. The molecule has 96 valence electrons. The average molecular weight is 241 g/mol. The fraction of sp³-hybridized carbons (Fsp3) is 0.857. The molecule has 2 N–H and O–H groups in total. The Morgan fingerprint density at radius 3 is 1.44 bits per heavy atom. The zero-order chi connectivity index (χ0) is 13.4. The van der Waals surface area contributed by atoms with Gasteiger partial charge in [0, 0.05) is 0 Å². The molecule has 2 heteroatoms. The van der Waals surface area contributed by atoms with Crippen LogP contribution in [0.15, 0.2) is 10.8 Å². The smallest absolute Gasteiger partial charge is 0.0887 e. The molecule has 1 nitrogen and oxygen atoms in total. The van der Waals surface area contributed by atoms with Gasteiger partial charge in [-0.25, -0.2) is 0 Å². The molecule has 0 aromatic heterocycles. The molecule has 0 fully saturated rings. The van der Waals surface area contributed by atoms with Gasteiger partial charge in [-0.05, 0) is 23.9 Å². The Morgan fingerprint density at radius 1 is 0.938 bits per heavy atom. The minimum Gasteiger partial charge on any atom is -0.333 e. The van der Waals surface area contributed by atoms with Gasteiger partial charge in [0.1, 0.15) is 0 Å². The predicted octanol–water partition coefficient (Wildman–Crippen LogP) is 4.14. The number of nitrogens with two attached hydrogens (primary N) is 1. The minimum absolute atomic E-state index is 0.238. The fourth-order valence-electron chi connectivity index (χ4n) is 2.74. The van der Waals surface area contributed by atoms with Crippen molar-refractivity contribution in [2.24, 2.45) is 16.6 Å². The van der Waals surface area contributed by atoms with Crippen molar-refractivity contribution in [3.8, 4) is 0 Å². The molecule has 0 aliphatic carbocycles. The minimum atomic E-state index is -1.41. The molecular formula is C14H31NSi. The van der Waals surface area contributed by atoms with Crippen molar-refractivity contribution in [1.29, 1.82) is 0 Å². The van der Waals surface area contributed by atoms with Gasteiger partial charge < -0.3 is 5.73 Å². The van der Waals surface area contributed by atoms with Crippen molar-refractivity contribution in [2.75, 3.05) is 6.17 Å². The quantitative estimate of drug-likeness (QED) is 0.723. The molecule has 0 aromatic rings. The highest BCUT2D eigenvalue weighted by atomic mass is 28.3. The summed E-state index contributed by atoms with van der Waals surface area (Å²) in [5.41, 5.74) is 8.03. The molecule has 16 heavy (non-hydrogen) atoms. The highest BCUT2D eigenvalue weighted by Gasteiger charge is 2.34. The summed E-state index contributed by atoms with van der Waals surface area (Å²) < 4.78 is 0. The molecule has 0 bridgehead atoms. The maximum Gasteiger partial charge on any atom is 0.0887 e. The van der Waals surface area contributed by atoms with E-state index < -0.39 is 8.07 Å². The van der Waals surface area contributed by atoms with Crippen molar-refractivity contribution in [3.63, 3.8) is 0 Å². The third-order valence-electron chi connectivity index (χ3n) is 3.40. The highest BCUT2D eigenvalue weighted by molar-refractivity contribution is 6.84. The van der Waals surface area contributed by atoms with Crippen LogP contribution in [-0.2, 0) is 0 Å². The van der Waals surface area contributed by atoms with E-state index >= 15 is 0 Å². The van der Waals surface area contributed by atoms with Crippen LogP contribution >= 0.6 is 0 Å². The molecule has 0 heterocycles. The molecule has 0 saturated heterocycles. The molecule has 0 amide bonds. The van der Waals surface area contributed by atoms with Gasteiger partial charge in [0.25, 0.3) is 0 Å². The Bertz CT molecular complexity index is 258. The summed E-state index contributed by atoms with van der Waals surface area (Å²) in [6.07, 6.45) is 0.842. The van der Waals surface area contributed by atoms with Crippen molar-refractivity contribution in [2.45, 2.75) is 61.6 Å². The van der Waals surface area contributed by atoms with Crippen LogP contribution in [0.4, 0.5) is 0 Å². The average Bonchev–Trinajstić information content (AvgIpc) is 1.98. The first-order chi connectivity index (χ1) is 6.84. The van der Waals surface area contributed by atoms with Crippen LogP contribution in [0.25, 0.3) is 0 Å². The van der Waals surface area contributed by atoms with Crippen LogP contribution in [-0.4, -0.2) is 14.2 Å². The standard InChI is InChI=1S/C14H31NSi/c1-11(16(8,9)10-15)12(13(2,3)4)14(5,6)7/h10,15H2,1-9H3. The van der Waals surface area contributed by atoms with Gasteiger partial charge in [-0.2, -0.15) is 0 Å². The summed E-state index contributed by atoms with van der Waals surface area (Å²) in [5.74, 6) is 0. The third kappa shape index (κ3) is 3.74. The molecular weight excluding hydrogens is 210 g/mol. The lowest BCUT2D eigenvalue weighted by atomic mass is 9.72. The first kappa shape index (κ1) is 15.9. The molecule has 0 spiro atoms. The molecule has 0 saturated carbocycles. The van der Waals surface area contributed by atoms with E-state index in [0.717, 1.165) is 6.17 Å². The van der Waals surface area contributed by atoms with Crippen LogP contribution < -0.4 is 5.73 Å². The van der Waals surface area contributed by atoms with Crippen molar-refractivity contribution < 1.29 is 0 Å².